The lowest BCUT2D eigenvalue weighted by Gasteiger charge is -2.16. The van der Waals surface area contributed by atoms with Gasteiger partial charge in [0, 0.05) is 19.2 Å². The molecular formula is C17H18N2O2. The van der Waals surface area contributed by atoms with E-state index in [1.54, 1.807) is 24.1 Å². The Hall–Kier alpha value is -2.51. The number of furan rings is 1. The van der Waals surface area contributed by atoms with Crippen molar-refractivity contribution < 1.29 is 9.21 Å². The fourth-order valence-electron chi connectivity index (χ4n) is 1.98. The van der Waals surface area contributed by atoms with Crippen molar-refractivity contribution >= 4 is 5.91 Å². The van der Waals surface area contributed by atoms with Crippen LogP contribution >= 0.6 is 0 Å². The molecule has 0 aliphatic heterocycles. The normalized spacial score (nSPS) is 9.86. The van der Waals surface area contributed by atoms with Crippen molar-refractivity contribution in [3.8, 4) is 11.8 Å². The van der Waals surface area contributed by atoms with E-state index in [4.69, 9.17) is 10.2 Å². The molecule has 1 aromatic heterocycles. The minimum atomic E-state index is -0.137. The predicted octanol–water partition coefficient (Wildman–Crippen LogP) is 2.17. The molecule has 4 heteroatoms. The molecule has 108 valence electrons. The summed E-state index contributed by atoms with van der Waals surface area (Å²) in [5, 5.41) is 0. The molecule has 2 N–H and O–H groups in total. The molecule has 0 atom stereocenters. The maximum Gasteiger partial charge on any atom is 0.289 e. The van der Waals surface area contributed by atoms with Crippen molar-refractivity contribution in [2.75, 3.05) is 13.6 Å². The molecular weight excluding hydrogens is 264 g/mol. The Labute approximate surface area is 124 Å². The minimum Gasteiger partial charge on any atom is -0.456 e. The molecule has 0 saturated carbocycles. The molecule has 1 aromatic carbocycles. The van der Waals surface area contributed by atoms with Gasteiger partial charge in [-0.1, -0.05) is 24.0 Å². The lowest BCUT2D eigenvalue weighted by molar-refractivity contribution is 0.0752. The summed E-state index contributed by atoms with van der Waals surface area (Å²) < 4.78 is 5.35. The van der Waals surface area contributed by atoms with E-state index in [9.17, 15) is 4.79 Å². The molecule has 1 heterocycles. The largest absolute Gasteiger partial charge is 0.456 e. The average Bonchev–Trinajstić information content (AvgIpc) is 2.91. The highest BCUT2D eigenvalue weighted by molar-refractivity contribution is 5.91. The number of hydrogen-bond acceptors (Lipinski definition) is 3. The molecule has 1 amide bonds. The number of rotatable bonds is 3. The average molecular weight is 282 g/mol. The van der Waals surface area contributed by atoms with E-state index in [0.717, 1.165) is 16.9 Å². The van der Waals surface area contributed by atoms with E-state index in [1.165, 1.54) is 0 Å². The predicted molar refractivity (Wildman–Crippen MR) is 81.6 cm³/mol. The maximum atomic E-state index is 12.2. The van der Waals surface area contributed by atoms with Gasteiger partial charge in [-0.25, -0.2) is 0 Å². The van der Waals surface area contributed by atoms with Gasteiger partial charge in [-0.2, -0.15) is 0 Å². The molecule has 2 aromatic rings. The summed E-state index contributed by atoms with van der Waals surface area (Å²) in [7, 11) is 1.75. The van der Waals surface area contributed by atoms with Gasteiger partial charge in [-0.15, -0.1) is 0 Å². The topological polar surface area (TPSA) is 59.5 Å². The zero-order valence-corrected chi connectivity index (χ0v) is 12.2. The van der Waals surface area contributed by atoms with Crippen molar-refractivity contribution in [2.45, 2.75) is 13.5 Å². The quantitative estimate of drug-likeness (QED) is 0.878. The van der Waals surface area contributed by atoms with Crippen LogP contribution in [0.4, 0.5) is 0 Å². The van der Waals surface area contributed by atoms with Crippen molar-refractivity contribution in [1.82, 2.24) is 4.90 Å². The van der Waals surface area contributed by atoms with Crippen LogP contribution in [-0.4, -0.2) is 24.4 Å². The highest BCUT2D eigenvalue weighted by Crippen LogP contribution is 2.12. The number of carbonyl (C=O) groups is 1. The van der Waals surface area contributed by atoms with Crippen LogP contribution in [0.2, 0.25) is 0 Å². The Balaban J connectivity index is 2.08. The SMILES string of the molecule is Cc1ccc(C(=O)N(C)Cc2cccc(C#CCN)c2)o1. The molecule has 2 rings (SSSR count). The summed E-state index contributed by atoms with van der Waals surface area (Å²) in [6.07, 6.45) is 0. The molecule has 0 spiro atoms. The van der Waals surface area contributed by atoms with E-state index in [-0.39, 0.29) is 5.91 Å². The van der Waals surface area contributed by atoms with E-state index >= 15 is 0 Å². The van der Waals surface area contributed by atoms with E-state index < -0.39 is 0 Å². The molecule has 0 aliphatic carbocycles. The standard InChI is InChI=1S/C17H18N2O2/c1-13-8-9-16(21-13)17(20)19(2)12-15-6-3-5-14(11-15)7-4-10-18/h3,5-6,8-9,11H,10,12,18H2,1-2H3. The van der Waals surface area contributed by atoms with Gasteiger partial charge < -0.3 is 15.1 Å². The second-order valence-electron chi connectivity index (χ2n) is 4.78. The number of aryl methyl sites for hydroxylation is 1. The van der Waals surface area contributed by atoms with Crippen LogP contribution in [-0.2, 0) is 6.54 Å². The van der Waals surface area contributed by atoms with E-state index in [1.807, 2.05) is 31.2 Å². The van der Waals surface area contributed by atoms with Gasteiger partial charge in [0.1, 0.15) is 5.76 Å². The fourth-order valence-corrected chi connectivity index (χ4v) is 1.98. The number of nitrogens with zero attached hydrogens (tertiary/aromatic N) is 1. The molecule has 0 radical (unpaired) electrons. The Bertz CT molecular complexity index is 692. The van der Waals surface area contributed by atoms with Gasteiger partial charge in [-0.3, -0.25) is 4.79 Å². The smallest absolute Gasteiger partial charge is 0.289 e. The van der Waals surface area contributed by atoms with Crippen LogP contribution in [0.25, 0.3) is 0 Å². The molecule has 0 bridgehead atoms. The zero-order chi connectivity index (χ0) is 15.2. The first-order chi connectivity index (χ1) is 10.1. The highest BCUT2D eigenvalue weighted by Gasteiger charge is 2.15. The summed E-state index contributed by atoms with van der Waals surface area (Å²) >= 11 is 0. The maximum absolute atomic E-state index is 12.2. The third-order valence-electron chi connectivity index (χ3n) is 2.98. The zero-order valence-electron chi connectivity index (χ0n) is 12.2. The summed E-state index contributed by atoms with van der Waals surface area (Å²) in [5.41, 5.74) is 7.27. The molecule has 21 heavy (non-hydrogen) atoms. The first-order valence-electron chi connectivity index (χ1n) is 6.70. The van der Waals surface area contributed by atoms with E-state index in [2.05, 4.69) is 11.8 Å². The van der Waals surface area contributed by atoms with Crippen molar-refractivity contribution in [1.29, 1.82) is 0 Å². The van der Waals surface area contributed by atoms with Crippen molar-refractivity contribution in [3.05, 3.63) is 59.0 Å². The lowest BCUT2D eigenvalue weighted by Crippen LogP contribution is -2.25. The fraction of sp³-hybridized carbons (Fsp3) is 0.235. The number of carbonyl (C=O) groups excluding carboxylic acids is 1. The van der Waals surface area contributed by atoms with Crippen LogP contribution in [0.5, 0.6) is 0 Å². The van der Waals surface area contributed by atoms with Crippen molar-refractivity contribution in [2.24, 2.45) is 5.73 Å². The second kappa shape index (κ2) is 6.78. The van der Waals surface area contributed by atoms with Gasteiger partial charge in [0.15, 0.2) is 5.76 Å². The Morgan fingerprint density at radius 1 is 1.33 bits per heavy atom. The molecule has 0 fully saturated rings. The van der Waals surface area contributed by atoms with Crippen LogP contribution in [0.1, 0.15) is 27.4 Å². The molecule has 0 unspecified atom stereocenters. The lowest BCUT2D eigenvalue weighted by atomic mass is 10.1. The summed E-state index contributed by atoms with van der Waals surface area (Å²) in [6, 6.07) is 11.2. The molecule has 0 aliphatic rings. The number of amides is 1. The number of hydrogen-bond donors (Lipinski definition) is 1. The van der Waals surface area contributed by atoms with Crippen LogP contribution < -0.4 is 5.73 Å². The number of benzene rings is 1. The third-order valence-corrected chi connectivity index (χ3v) is 2.98. The van der Waals surface area contributed by atoms with Gasteiger partial charge in [0.25, 0.3) is 5.91 Å². The van der Waals surface area contributed by atoms with Crippen LogP contribution in [0.15, 0.2) is 40.8 Å². The van der Waals surface area contributed by atoms with E-state index in [0.29, 0.717) is 18.8 Å². The van der Waals surface area contributed by atoms with Gasteiger partial charge >= 0.3 is 0 Å². The van der Waals surface area contributed by atoms with Gasteiger partial charge in [-0.05, 0) is 36.8 Å². The Kier molecular flexibility index (Phi) is 4.81. The molecule has 0 saturated heterocycles. The first-order valence-corrected chi connectivity index (χ1v) is 6.70. The summed E-state index contributed by atoms with van der Waals surface area (Å²) in [6.45, 7) is 2.65. The van der Waals surface area contributed by atoms with Gasteiger partial charge in [0.2, 0.25) is 0 Å². The van der Waals surface area contributed by atoms with Crippen LogP contribution in [0.3, 0.4) is 0 Å². The summed E-state index contributed by atoms with van der Waals surface area (Å²) in [4.78, 5) is 13.8. The minimum absolute atomic E-state index is 0.137. The Morgan fingerprint density at radius 2 is 2.14 bits per heavy atom. The van der Waals surface area contributed by atoms with Crippen molar-refractivity contribution in [3.63, 3.8) is 0 Å². The Morgan fingerprint density at radius 3 is 2.81 bits per heavy atom. The summed E-state index contributed by atoms with van der Waals surface area (Å²) in [5.74, 6) is 6.75. The number of nitrogens with two attached hydrogens (primary N) is 1. The van der Waals surface area contributed by atoms with Gasteiger partial charge in [0.05, 0.1) is 6.54 Å². The first kappa shape index (κ1) is 14.9. The highest BCUT2D eigenvalue weighted by atomic mass is 16.3. The molecule has 4 nitrogen and oxygen atoms in total. The monoisotopic (exact) mass is 282 g/mol. The van der Waals surface area contributed by atoms with Crippen LogP contribution in [0, 0.1) is 18.8 Å². The third kappa shape index (κ3) is 3.98. The second-order valence-corrected chi connectivity index (χ2v) is 4.78.